The van der Waals surface area contributed by atoms with Crippen molar-refractivity contribution in [3.8, 4) is 17.2 Å². The summed E-state index contributed by atoms with van der Waals surface area (Å²) < 4.78 is 10.8. The standard InChI is InChI=1S/C14H14N4O3/c1-8-17-18-14(21-8)11-5-9(3-4-12(11)20-2)16-10-6-13(19)15-7-10/h3-6,16H,7H2,1-2H3,(H,15,19). The van der Waals surface area contributed by atoms with Crippen molar-refractivity contribution < 1.29 is 13.9 Å². The molecule has 0 bridgehead atoms. The lowest BCUT2D eigenvalue weighted by molar-refractivity contribution is -0.115. The van der Waals surface area contributed by atoms with E-state index in [0.717, 1.165) is 11.4 Å². The molecular weight excluding hydrogens is 272 g/mol. The zero-order chi connectivity index (χ0) is 14.8. The number of rotatable bonds is 4. The Morgan fingerprint density at radius 3 is 2.86 bits per heavy atom. The summed E-state index contributed by atoms with van der Waals surface area (Å²) in [6, 6.07) is 5.51. The van der Waals surface area contributed by atoms with Crippen LogP contribution in [0, 0.1) is 6.92 Å². The van der Waals surface area contributed by atoms with Crippen molar-refractivity contribution in [1.29, 1.82) is 0 Å². The monoisotopic (exact) mass is 286 g/mol. The normalized spacial score (nSPS) is 13.8. The van der Waals surface area contributed by atoms with Gasteiger partial charge in [0.2, 0.25) is 11.8 Å². The molecule has 21 heavy (non-hydrogen) atoms. The average Bonchev–Trinajstić information content (AvgIpc) is 3.07. The summed E-state index contributed by atoms with van der Waals surface area (Å²) in [5.41, 5.74) is 2.31. The fraction of sp³-hybridized carbons (Fsp3) is 0.214. The van der Waals surface area contributed by atoms with E-state index in [4.69, 9.17) is 9.15 Å². The van der Waals surface area contributed by atoms with Gasteiger partial charge in [0.1, 0.15) is 5.75 Å². The molecule has 1 aromatic heterocycles. The van der Waals surface area contributed by atoms with E-state index >= 15 is 0 Å². The molecule has 2 heterocycles. The Balaban J connectivity index is 1.93. The topological polar surface area (TPSA) is 89.3 Å². The maximum atomic E-state index is 11.2. The number of methoxy groups -OCH3 is 1. The third-order valence-corrected chi connectivity index (χ3v) is 3.02. The van der Waals surface area contributed by atoms with Crippen LogP contribution in [-0.2, 0) is 4.79 Å². The van der Waals surface area contributed by atoms with Crippen molar-refractivity contribution in [2.24, 2.45) is 0 Å². The lowest BCUT2D eigenvalue weighted by Crippen LogP contribution is -2.16. The molecule has 7 heteroatoms. The number of aromatic nitrogens is 2. The molecule has 0 atom stereocenters. The number of hydrogen-bond acceptors (Lipinski definition) is 6. The Morgan fingerprint density at radius 1 is 1.38 bits per heavy atom. The van der Waals surface area contributed by atoms with Crippen molar-refractivity contribution in [2.75, 3.05) is 19.0 Å². The van der Waals surface area contributed by atoms with Crippen LogP contribution < -0.4 is 15.4 Å². The molecule has 0 spiro atoms. The molecule has 0 fully saturated rings. The molecule has 1 aliphatic rings. The van der Waals surface area contributed by atoms with Gasteiger partial charge in [0.25, 0.3) is 5.89 Å². The van der Waals surface area contributed by atoms with Crippen LogP contribution in [0.25, 0.3) is 11.5 Å². The quantitative estimate of drug-likeness (QED) is 0.885. The smallest absolute Gasteiger partial charge is 0.251 e. The minimum absolute atomic E-state index is 0.0984. The molecule has 1 amide bonds. The van der Waals surface area contributed by atoms with Gasteiger partial charge in [-0.2, -0.15) is 0 Å². The second kappa shape index (κ2) is 5.28. The summed E-state index contributed by atoms with van der Waals surface area (Å²) in [7, 11) is 1.58. The van der Waals surface area contributed by atoms with E-state index in [1.165, 1.54) is 6.08 Å². The van der Waals surface area contributed by atoms with Gasteiger partial charge >= 0.3 is 0 Å². The van der Waals surface area contributed by atoms with Crippen molar-refractivity contribution in [3.05, 3.63) is 35.9 Å². The van der Waals surface area contributed by atoms with Crippen LogP contribution in [0.15, 0.2) is 34.4 Å². The van der Waals surface area contributed by atoms with Gasteiger partial charge < -0.3 is 19.8 Å². The first-order valence-corrected chi connectivity index (χ1v) is 6.39. The zero-order valence-corrected chi connectivity index (χ0v) is 11.6. The Bertz CT molecular complexity index is 721. The first-order chi connectivity index (χ1) is 10.2. The third-order valence-electron chi connectivity index (χ3n) is 3.02. The van der Waals surface area contributed by atoms with Gasteiger partial charge in [-0.1, -0.05) is 0 Å². The number of ether oxygens (including phenoxy) is 1. The first kappa shape index (κ1) is 13.2. The molecule has 0 saturated carbocycles. The molecule has 0 saturated heterocycles. The minimum atomic E-state index is -0.0984. The van der Waals surface area contributed by atoms with E-state index in [9.17, 15) is 4.79 Å². The molecule has 108 valence electrons. The summed E-state index contributed by atoms with van der Waals surface area (Å²) in [5.74, 6) is 1.42. The fourth-order valence-electron chi connectivity index (χ4n) is 2.07. The fourth-order valence-corrected chi connectivity index (χ4v) is 2.07. The van der Waals surface area contributed by atoms with Gasteiger partial charge in [0.15, 0.2) is 0 Å². The van der Waals surface area contributed by atoms with E-state index < -0.39 is 0 Å². The predicted molar refractivity (Wildman–Crippen MR) is 75.7 cm³/mol. The maximum Gasteiger partial charge on any atom is 0.251 e. The molecule has 0 radical (unpaired) electrons. The minimum Gasteiger partial charge on any atom is -0.496 e. The highest BCUT2D eigenvalue weighted by Gasteiger charge is 2.15. The number of benzene rings is 1. The molecule has 2 aromatic rings. The highest BCUT2D eigenvalue weighted by atomic mass is 16.5. The first-order valence-electron chi connectivity index (χ1n) is 6.39. The lowest BCUT2D eigenvalue weighted by atomic mass is 10.1. The predicted octanol–water partition coefficient (Wildman–Crippen LogP) is 1.48. The van der Waals surface area contributed by atoms with Gasteiger partial charge in [-0.15, -0.1) is 10.2 Å². The molecule has 3 rings (SSSR count). The van der Waals surface area contributed by atoms with Gasteiger partial charge in [-0.3, -0.25) is 4.79 Å². The summed E-state index contributed by atoms with van der Waals surface area (Å²) in [6.07, 6.45) is 1.53. The van der Waals surface area contributed by atoms with Crippen molar-refractivity contribution >= 4 is 11.6 Å². The number of amides is 1. The number of anilines is 1. The largest absolute Gasteiger partial charge is 0.496 e. The number of carbonyl (C=O) groups excluding carboxylic acids is 1. The van der Waals surface area contributed by atoms with Gasteiger partial charge in [-0.05, 0) is 18.2 Å². The number of hydrogen-bond donors (Lipinski definition) is 2. The van der Waals surface area contributed by atoms with Crippen molar-refractivity contribution in [3.63, 3.8) is 0 Å². The SMILES string of the molecule is COc1ccc(NC2=CC(=O)NC2)cc1-c1nnc(C)o1. The van der Waals surface area contributed by atoms with Crippen molar-refractivity contribution in [2.45, 2.75) is 6.92 Å². The van der Waals surface area contributed by atoms with E-state index in [1.807, 2.05) is 18.2 Å². The van der Waals surface area contributed by atoms with E-state index in [2.05, 4.69) is 20.8 Å². The maximum absolute atomic E-state index is 11.2. The average molecular weight is 286 g/mol. The Morgan fingerprint density at radius 2 is 2.24 bits per heavy atom. The zero-order valence-electron chi connectivity index (χ0n) is 11.6. The summed E-state index contributed by atoms with van der Waals surface area (Å²) in [5, 5.41) is 13.7. The van der Waals surface area contributed by atoms with Crippen LogP contribution in [0.1, 0.15) is 5.89 Å². The van der Waals surface area contributed by atoms with E-state index in [0.29, 0.717) is 29.6 Å². The summed E-state index contributed by atoms with van der Waals surface area (Å²) >= 11 is 0. The number of nitrogens with one attached hydrogen (secondary N) is 2. The van der Waals surface area contributed by atoms with Crippen LogP contribution in [0.4, 0.5) is 5.69 Å². The molecule has 7 nitrogen and oxygen atoms in total. The molecule has 2 N–H and O–H groups in total. The lowest BCUT2D eigenvalue weighted by Gasteiger charge is -2.10. The number of carbonyl (C=O) groups is 1. The van der Waals surface area contributed by atoms with Crippen LogP contribution in [0.3, 0.4) is 0 Å². The van der Waals surface area contributed by atoms with E-state index in [1.54, 1.807) is 14.0 Å². The molecule has 0 aliphatic carbocycles. The van der Waals surface area contributed by atoms with E-state index in [-0.39, 0.29) is 5.91 Å². The molecule has 0 unspecified atom stereocenters. The molecular formula is C14H14N4O3. The molecule has 1 aromatic carbocycles. The highest BCUT2D eigenvalue weighted by molar-refractivity contribution is 5.91. The van der Waals surface area contributed by atoms with Crippen LogP contribution >= 0.6 is 0 Å². The second-order valence-corrected chi connectivity index (χ2v) is 4.55. The van der Waals surface area contributed by atoms with Gasteiger partial charge in [-0.25, -0.2) is 0 Å². The number of nitrogens with zero attached hydrogens (tertiary/aromatic N) is 2. The molecule has 1 aliphatic heterocycles. The van der Waals surface area contributed by atoms with Gasteiger partial charge in [0, 0.05) is 24.4 Å². The summed E-state index contributed by atoms with van der Waals surface area (Å²) in [4.78, 5) is 11.2. The highest BCUT2D eigenvalue weighted by Crippen LogP contribution is 2.32. The van der Waals surface area contributed by atoms with Crippen LogP contribution in [-0.4, -0.2) is 29.8 Å². The number of aryl methyl sites for hydroxylation is 1. The van der Waals surface area contributed by atoms with Crippen LogP contribution in [0.5, 0.6) is 5.75 Å². The third kappa shape index (κ3) is 2.71. The van der Waals surface area contributed by atoms with Crippen molar-refractivity contribution in [1.82, 2.24) is 15.5 Å². The Labute approximate surface area is 121 Å². The van der Waals surface area contributed by atoms with Gasteiger partial charge in [0.05, 0.1) is 19.2 Å². The van der Waals surface area contributed by atoms with Crippen LogP contribution in [0.2, 0.25) is 0 Å². The Kier molecular flexibility index (Phi) is 3.31. The Hall–Kier alpha value is -2.83. The summed E-state index contributed by atoms with van der Waals surface area (Å²) in [6.45, 7) is 2.21. The second-order valence-electron chi connectivity index (χ2n) is 4.55.